The molecule has 0 atom stereocenters. The molecule has 9 nitrogen and oxygen atoms in total. The molecule has 156 valence electrons. The molecule has 11 heteroatoms. The van der Waals surface area contributed by atoms with Gasteiger partial charge >= 0.3 is 6.03 Å². The number of rotatable bonds is 5. The van der Waals surface area contributed by atoms with Crippen molar-refractivity contribution in [2.45, 2.75) is 0 Å². The van der Waals surface area contributed by atoms with Gasteiger partial charge in [-0.3, -0.25) is 25.0 Å². The number of nitro benzene ring substituents is 1. The summed E-state index contributed by atoms with van der Waals surface area (Å²) in [7, 11) is 0. The summed E-state index contributed by atoms with van der Waals surface area (Å²) in [4.78, 5) is 48.4. The van der Waals surface area contributed by atoms with Gasteiger partial charge in [0, 0.05) is 12.1 Å². The summed E-state index contributed by atoms with van der Waals surface area (Å²) in [5.74, 6) is 0.480. The summed E-state index contributed by atoms with van der Waals surface area (Å²) in [5.41, 5.74) is -0.545. The van der Waals surface area contributed by atoms with Crippen LogP contribution in [0.5, 0.6) is 5.75 Å². The predicted molar refractivity (Wildman–Crippen MR) is 113 cm³/mol. The van der Waals surface area contributed by atoms with E-state index < -0.39 is 28.3 Å². The Hall–Kier alpha value is -3.87. The minimum atomic E-state index is -1.04. The van der Waals surface area contributed by atoms with Gasteiger partial charge in [-0.1, -0.05) is 35.2 Å². The van der Waals surface area contributed by atoms with Crippen LogP contribution in [0.15, 0.2) is 42.0 Å². The maximum absolute atomic E-state index is 12.9. The van der Waals surface area contributed by atoms with Gasteiger partial charge in [-0.15, -0.1) is 6.42 Å². The minimum Gasteiger partial charge on any atom is -0.478 e. The number of imide groups is 2. The van der Waals surface area contributed by atoms with Crippen LogP contribution in [0.1, 0.15) is 5.56 Å². The molecule has 0 radical (unpaired) electrons. The summed E-state index contributed by atoms with van der Waals surface area (Å²) in [6.07, 6.45) is 6.31. The van der Waals surface area contributed by atoms with Crippen molar-refractivity contribution in [2.75, 3.05) is 11.5 Å². The highest BCUT2D eigenvalue weighted by Gasteiger charge is 2.37. The largest absolute Gasteiger partial charge is 0.478 e. The zero-order valence-electron chi connectivity index (χ0n) is 15.4. The first-order valence-corrected chi connectivity index (χ1v) is 9.19. The number of nitro groups is 1. The molecule has 0 unspecified atom stereocenters. The average Bonchev–Trinajstić information content (AvgIpc) is 2.70. The van der Waals surface area contributed by atoms with Crippen LogP contribution in [0, 0.1) is 22.5 Å². The number of terminal acetylenes is 1. The molecular formula is C20H11Cl2N3O6. The average molecular weight is 460 g/mol. The smallest absolute Gasteiger partial charge is 0.335 e. The van der Waals surface area contributed by atoms with E-state index in [0.29, 0.717) is 4.90 Å². The molecule has 1 fully saturated rings. The topological polar surface area (TPSA) is 119 Å². The lowest BCUT2D eigenvalue weighted by Gasteiger charge is -2.26. The SMILES string of the molecule is C#CCOc1c(Cl)cc(/C=C2/C(=O)NC(=O)N(c3cccc([N+](=O)[O-])c3)C2=O)cc1Cl. The number of ether oxygens (including phenoxy) is 1. The van der Waals surface area contributed by atoms with E-state index >= 15 is 0 Å². The van der Waals surface area contributed by atoms with Crippen molar-refractivity contribution in [3.63, 3.8) is 0 Å². The van der Waals surface area contributed by atoms with E-state index in [1.165, 1.54) is 36.4 Å². The Balaban J connectivity index is 2.01. The lowest BCUT2D eigenvalue weighted by Crippen LogP contribution is -2.54. The third kappa shape index (κ3) is 4.50. The Labute approximate surface area is 185 Å². The number of benzene rings is 2. The summed E-state index contributed by atoms with van der Waals surface area (Å²) < 4.78 is 5.25. The molecule has 0 bridgehead atoms. The van der Waals surface area contributed by atoms with Crippen molar-refractivity contribution in [3.05, 3.63) is 67.7 Å². The number of non-ortho nitro benzene ring substituents is 1. The van der Waals surface area contributed by atoms with E-state index in [9.17, 15) is 24.5 Å². The molecule has 31 heavy (non-hydrogen) atoms. The second-order valence-electron chi connectivity index (χ2n) is 6.04. The molecule has 0 saturated carbocycles. The first-order valence-electron chi connectivity index (χ1n) is 8.44. The van der Waals surface area contributed by atoms with Crippen LogP contribution in [0.25, 0.3) is 6.08 Å². The first-order chi connectivity index (χ1) is 14.7. The number of hydrogen-bond donors (Lipinski definition) is 1. The number of nitrogens with zero attached hydrogens (tertiary/aromatic N) is 2. The van der Waals surface area contributed by atoms with Gasteiger partial charge < -0.3 is 4.74 Å². The molecule has 0 aliphatic carbocycles. The summed E-state index contributed by atoms with van der Waals surface area (Å²) >= 11 is 12.3. The standard InChI is InChI=1S/C20H11Cl2N3O6/c1-2-6-31-17-15(21)8-11(9-16(17)22)7-14-18(26)23-20(28)24(19(14)27)12-4-3-5-13(10-12)25(29)30/h1,3-5,7-10H,6H2,(H,23,26,28)/b14-7-. The summed E-state index contributed by atoms with van der Waals surface area (Å²) in [5, 5.41) is 13.2. The predicted octanol–water partition coefficient (Wildman–Crippen LogP) is 3.58. The Morgan fingerprint density at radius 2 is 1.87 bits per heavy atom. The fourth-order valence-electron chi connectivity index (χ4n) is 2.72. The van der Waals surface area contributed by atoms with Gasteiger partial charge in [0.15, 0.2) is 5.75 Å². The van der Waals surface area contributed by atoms with Crippen LogP contribution in [0.2, 0.25) is 10.0 Å². The van der Waals surface area contributed by atoms with Gasteiger partial charge in [0.25, 0.3) is 17.5 Å². The van der Waals surface area contributed by atoms with Gasteiger partial charge in [0.05, 0.1) is 20.7 Å². The van der Waals surface area contributed by atoms with Crippen LogP contribution in [0.4, 0.5) is 16.2 Å². The first kappa shape index (κ1) is 21.8. The highest BCUT2D eigenvalue weighted by atomic mass is 35.5. The van der Waals surface area contributed by atoms with Crippen LogP contribution < -0.4 is 15.0 Å². The molecule has 0 spiro atoms. The number of hydrogen-bond acceptors (Lipinski definition) is 6. The Morgan fingerprint density at radius 1 is 1.19 bits per heavy atom. The molecule has 1 aliphatic rings. The molecule has 2 aromatic carbocycles. The molecule has 1 heterocycles. The summed E-state index contributed by atoms with van der Waals surface area (Å²) in [6.45, 7) is -0.0684. The zero-order valence-corrected chi connectivity index (χ0v) is 16.9. The van der Waals surface area contributed by atoms with Crippen LogP contribution in [-0.4, -0.2) is 29.4 Å². The van der Waals surface area contributed by atoms with Crippen LogP contribution >= 0.6 is 23.2 Å². The molecular weight excluding hydrogens is 449 g/mol. The number of urea groups is 1. The fraction of sp³-hybridized carbons (Fsp3) is 0.0500. The molecule has 4 amide bonds. The maximum atomic E-state index is 12.9. The van der Waals surface area contributed by atoms with Crippen molar-refractivity contribution < 1.29 is 24.0 Å². The number of carbonyl (C=O) groups excluding carboxylic acids is 3. The second kappa shape index (κ2) is 8.87. The van der Waals surface area contributed by atoms with E-state index in [0.717, 1.165) is 6.07 Å². The monoisotopic (exact) mass is 459 g/mol. The van der Waals surface area contributed by atoms with Crippen molar-refractivity contribution in [3.8, 4) is 18.1 Å². The van der Waals surface area contributed by atoms with E-state index in [1.807, 2.05) is 5.32 Å². The fourth-order valence-corrected chi connectivity index (χ4v) is 3.33. The van der Waals surface area contributed by atoms with Crippen LogP contribution in [0.3, 0.4) is 0 Å². The number of anilines is 1. The molecule has 2 aromatic rings. The molecule has 0 aromatic heterocycles. The van der Waals surface area contributed by atoms with Crippen molar-refractivity contribution >= 4 is 58.5 Å². The van der Waals surface area contributed by atoms with E-state index in [-0.39, 0.29) is 39.3 Å². The molecule has 1 N–H and O–H groups in total. The van der Waals surface area contributed by atoms with Crippen LogP contribution in [-0.2, 0) is 9.59 Å². The number of carbonyl (C=O) groups is 3. The highest BCUT2D eigenvalue weighted by Crippen LogP contribution is 2.35. The Morgan fingerprint density at radius 3 is 2.48 bits per heavy atom. The van der Waals surface area contributed by atoms with Crippen molar-refractivity contribution in [1.82, 2.24) is 5.32 Å². The van der Waals surface area contributed by atoms with Gasteiger partial charge in [-0.2, -0.15) is 0 Å². The quantitative estimate of drug-likeness (QED) is 0.240. The van der Waals surface area contributed by atoms with Gasteiger partial charge in [0.2, 0.25) is 0 Å². The molecule has 1 saturated heterocycles. The lowest BCUT2D eigenvalue weighted by molar-refractivity contribution is -0.384. The third-order valence-corrected chi connectivity index (χ3v) is 4.59. The second-order valence-corrected chi connectivity index (χ2v) is 6.86. The summed E-state index contributed by atoms with van der Waals surface area (Å²) in [6, 6.07) is 6.61. The lowest BCUT2D eigenvalue weighted by atomic mass is 10.1. The highest BCUT2D eigenvalue weighted by molar-refractivity contribution is 6.40. The zero-order chi connectivity index (χ0) is 22.7. The number of barbiturate groups is 1. The van der Waals surface area contributed by atoms with Gasteiger partial charge in [-0.05, 0) is 29.8 Å². The molecule has 1 aliphatic heterocycles. The van der Waals surface area contributed by atoms with Gasteiger partial charge in [-0.25, -0.2) is 9.69 Å². The van der Waals surface area contributed by atoms with E-state index in [1.54, 1.807) is 0 Å². The van der Waals surface area contributed by atoms with E-state index in [4.69, 9.17) is 34.4 Å². The number of nitrogens with one attached hydrogen (secondary N) is 1. The Kier molecular flexibility index (Phi) is 6.25. The van der Waals surface area contributed by atoms with Gasteiger partial charge in [0.1, 0.15) is 12.2 Å². The van der Waals surface area contributed by atoms with E-state index in [2.05, 4.69) is 5.92 Å². The Bertz CT molecular complexity index is 1180. The maximum Gasteiger partial charge on any atom is 0.335 e. The number of halogens is 2. The number of amides is 4. The van der Waals surface area contributed by atoms with Crippen molar-refractivity contribution in [1.29, 1.82) is 0 Å². The normalized spacial score (nSPS) is 14.9. The minimum absolute atomic E-state index is 0.0684. The third-order valence-electron chi connectivity index (χ3n) is 4.03. The molecule has 3 rings (SSSR count). The van der Waals surface area contributed by atoms with Crippen molar-refractivity contribution in [2.24, 2.45) is 0 Å².